The number of nitrogens with zero attached hydrogens (tertiary/aromatic N) is 18. The SMILES string of the molecule is C[C@@H]1N(c2cn3c4ccccc4nc3n2C)C=CN1c1n(C)c2ccccc2[n+]1C.C[C@@H]1N(c2cn3c4ccccc4nc3n2C)C=CN1c1n(C)cc[n+]1C.[2H]C([2H])([2H])c1nc2n(C)c(-c3cccc(-c4ccccc4C)[n+]3C)c(C)n2c1C. The molecule has 2 aliphatic heterocycles. The lowest BCUT2D eigenvalue weighted by molar-refractivity contribution is -0.657. The molecule has 0 radical (unpaired) electrons. The van der Waals surface area contributed by atoms with Gasteiger partial charge in [-0.3, -0.25) is 32.1 Å². The van der Waals surface area contributed by atoms with Gasteiger partial charge in [-0.15, -0.1) is 0 Å². The van der Waals surface area contributed by atoms with E-state index < -0.39 is 6.85 Å². The first-order valence-corrected chi connectivity index (χ1v) is 27.6. The first-order valence-electron chi connectivity index (χ1n) is 29.1. The molecule has 18 nitrogen and oxygen atoms in total. The van der Waals surface area contributed by atoms with Crippen molar-refractivity contribution in [2.24, 2.45) is 56.4 Å². The van der Waals surface area contributed by atoms with E-state index in [1.165, 1.54) is 22.2 Å². The molecule has 15 rings (SSSR count). The Labute approximate surface area is 480 Å². The van der Waals surface area contributed by atoms with Crippen molar-refractivity contribution in [3.8, 4) is 22.6 Å². The van der Waals surface area contributed by atoms with E-state index in [-0.39, 0.29) is 18.0 Å². The van der Waals surface area contributed by atoms with Gasteiger partial charge in [0.05, 0.1) is 98.8 Å². The Morgan fingerprint density at radius 1 is 0.500 bits per heavy atom. The maximum Gasteiger partial charge on any atom is 0.366 e. The summed E-state index contributed by atoms with van der Waals surface area (Å²) in [5.74, 6) is 7.04. The Bertz CT molecular complexity index is 4770. The summed E-state index contributed by atoms with van der Waals surface area (Å²) in [5.41, 5.74) is 14.1. The number of imidazole rings is 8. The quantitative estimate of drug-likeness (QED) is 0.153. The second-order valence-corrected chi connectivity index (χ2v) is 21.7. The number of hydrogen-bond donors (Lipinski definition) is 0. The largest absolute Gasteiger partial charge is 0.366 e. The zero-order chi connectivity index (χ0) is 59.7. The highest BCUT2D eigenvalue weighted by Gasteiger charge is 2.38. The molecule has 414 valence electrons. The van der Waals surface area contributed by atoms with Crippen molar-refractivity contribution in [2.75, 3.05) is 19.6 Å². The minimum Gasteiger partial charge on any atom is -0.308 e. The Balaban J connectivity index is 0.000000119. The van der Waals surface area contributed by atoms with E-state index in [0.717, 1.165) is 79.9 Å². The zero-order valence-electron chi connectivity index (χ0n) is 51.8. The summed E-state index contributed by atoms with van der Waals surface area (Å²) in [4.78, 5) is 23.2. The summed E-state index contributed by atoms with van der Waals surface area (Å²) < 4.78 is 46.8. The van der Waals surface area contributed by atoms with Gasteiger partial charge in [0.1, 0.15) is 35.4 Å². The van der Waals surface area contributed by atoms with E-state index in [1.807, 2.05) is 48.1 Å². The summed E-state index contributed by atoms with van der Waals surface area (Å²) in [6.45, 7) is 8.16. The standard InChI is InChI=1S/C23H24N7.C22H25N4.C19H22N7/c1-16-28(21-15-30-18-10-6-5-9-17(18)24-22(30)27(21)4)13-14-29(16)23-25(2)19-11-7-8-12-20(19)26(23)3;1-14-10-7-8-11-18(14)19-12-9-13-20(24(19)5)21-17(4)26-16(3)15(2)23-22(26)25(21)6;1-14-24(11-12-25(14)19-21(2)9-10-22(19)3)17-13-26-16-8-6-5-7-15(16)20-18(26)23(17)4/h5-16H,1-4H3;7-13H,1-6H3;5-14H,1-4H3/q3*+1/t16-;;14-/m1.1/s1/i;2D3;. The second-order valence-electron chi connectivity index (χ2n) is 21.7. The number of para-hydroxylation sites is 6. The van der Waals surface area contributed by atoms with E-state index in [9.17, 15) is 0 Å². The van der Waals surface area contributed by atoms with Crippen molar-refractivity contribution in [1.82, 2.24) is 51.0 Å². The molecule has 0 aliphatic carbocycles. The number of fused-ring (bicyclic) bond motifs is 8. The zero-order valence-corrected chi connectivity index (χ0v) is 48.8. The average molecular weight is 1100 g/mol. The number of aromatic nitrogens is 14. The summed E-state index contributed by atoms with van der Waals surface area (Å²) in [6.07, 6.45) is 17.4. The predicted octanol–water partition coefficient (Wildman–Crippen LogP) is 9.48. The minimum absolute atomic E-state index is 0.129. The third kappa shape index (κ3) is 7.82. The first-order chi connectivity index (χ1) is 40.7. The maximum atomic E-state index is 7.77. The summed E-state index contributed by atoms with van der Waals surface area (Å²) in [7, 11) is 16.6. The van der Waals surface area contributed by atoms with Crippen LogP contribution in [0, 0.1) is 27.6 Å². The van der Waals surface area contributed by atoms with Crippen LogP contribution in [-0.2, 0) is 56.4 Å². The van der Waals surface area contributed by atoms with Crippen LogP contribution in [0.15, 0.2) is 165 Å². The monoisotopic (exact) mass is 1090 g/mol. The molecule has 2 atom stereocenters. The van der Waals surface area contributed by atoms with Crippen molar-refractivity contribution in [1.29, 1.82) is 0 Å². The molecule has 2 aliphatic rings. The Kier molecular flexibility index (Phi) is 11.4. The third-order valence-corrected chi connectivity index (χ3v) is 17.0. The third-order valence-electron chi connectivity index (χ3n) is 17.0. The van der Waals surface area contributed by atoms with E-state index in [2.05, 4.69) is 282 Å². The fourth-order valence-corrected chi connectivity index (χ4v) is 12.6. The molecule has 0 spiro atoms. The highest BCUT2D eigenvalue weighted by Crippen LogP contribution is 2.34. The highest BCUT2D eigenvalue weighted by atomic mass is 15.5. The topological polar surface area (TPSA) is 101 Å². The summed E-state index contributed by atoms with van der Waals surface area (Å²) >= 11 is 0. The van der Waals surface area contributed by atoms with Gasteiger partial charge in [0.2, 0.25) is 28.7 Å². The molecular formula is C64H71N18+3. The number of rotatable bonds is 6. The van der Waals surface area contributed by atoms with E-state index in [4.69, 9.17) is 14.1 Å². The molecule has 0 saturated heterocycles. The van der Waals surface area contributed by atoms with Crippen molar-refractivity contribution < 1.29 is 17.8 Å². The maximum absolute atomic E-state index is 7.77. The Morgan fingerprint density at radius 3 is 1.60 bits per heavy atom. The van der Waals surface area contributed by atoms with Crippen molar-refractivity contribution >= 4 is 74.0 Å². The molecule has 0 saturated carbocycles. The number of aryl methyl sites for hydroxylation is 11. The molecule has 0 unspecified atom stereocenters. The molecule has 0 amide bonds. The van der Waals surface area contributed by atoms with Gasteiger partial charge in [0.15, 0.2) is 12.3 Å². The highest BCUT2D eigenvalue weighted by molar-refractivity contribution is 5.82. The number of pyridine rings is 1. The van der Waals surface area contributed by atoms with Crippen LogP contribution in [0.4, 0.5) is 23.5 Å². The first kappa shape index (κ1) is 48.1. The van der Waals surface area contributed by atoms with Crippen molar-refractivity contribution in [3.63, 3.8) is 0 Å². The molecule has 0 bridgehead atoms. The van der Waals surface area contributed by atoms with E-state index >= 15 is 0 Å². The lowest BCUT2D eigenvalue weighted by atomic mass is 10.0. The lowest BCUT2D eigenvalue weighted by Crippen LogP contribution is -2.44. The van der Waals surface area contributed by atoms with Crippen LogP contribution in [0.2, 0.25) is 0 Å². The lowest BCUT2D eigenvalue weighted by Gasteiger charge is -2.25. The van der Waals surface area contributed by atoms with Gasteiger partial charge in [-0.05, 0) is 95.6 Å². The molecule has 82 heavy (non-hydrogen) atoms. The van der Waals surface area contributed by atoms with Crippen LogP contribution in [0.1, 0.15) is 40.6 Å². The van der Waals surface area contributed by atoms with Gasteiger partial charge in [-0.25, -0.2) is 43.0 Å². The van der Waals surface area contributed by atoms with Crippen LogP contribution >= 0.6 is 0 Å². The molecular weight excluding hydrogens is 1020 g/mol. The normalized spacial score (nSPS) is 15.9. The summed E-state index contributed by atoms with van der Waals surface area (Å²) in [6, 6.07) is 39.6. The van der Waals surface area contributed by atoms with Crippen molar-refractivity contribution in [3.05, 3.63) is 187 Å². The fourth-order valence-electron chi connectivity index (χ4n) is 12.6. The Hall–Kier alpha value is -9.84. The van der Waals surface area contributed by atoms with Gasteiger partial charge >= 0.3 is 11.9 Å². The van der Waals surface area contributed by atoms with Gasteiger partial charge < -0.3 is 4.57 Å². The van der Waals surface area contributed by atoms with Crippen LogP contribution in [0.3, 0.4) is 0 Å². The van der Waals surface area contributed by atoms with Crippen LogP contribution in [0.5, 0.6) is 0 Å². The fraction of sp³-hybridized carbons (Fsp3) is 0.250. The van der Waals surface area contributed by atoms with E-state index in [0.29, 0.717) is 11.5 Å². The van der Waals surface area contributed by atoms with Crippen LogP contribution in [-0.4, -0.2) is 63.3 Å². The van der Waals surface area contributed by atoms with Gasteiger partial charge in [-0.1, -0.05) is 54.6 Å². The predicted molar refractivity (Wildman–Crippen MR) is 326 cm³/mol. The van der Waals surface area contributed by atoms with Crippen LogP contribution < -0.4 is 33.3 Å². The van der Waals surface area contributed by atoms with E-state index in [1.54, 1.807) is 0 Å². The van der Waals surface area contributed by atoms with Gasteiger partial charge in [-0.2, -0.15) is 4.57 Å². The Morgan fingerprint density at radius 2 is 1.04 bits per heavy atom. The van der Waals surface area contributed by atoms with Gasteiger partial charge in [0, 0.05) is 61.0 Å². The number of hydrogen-bond acceptors (Lipinski definition) is 7. The molecule has 9 aromatic heterocycles. The molecule has 0 N–H and O–H groups in total. The molecule has 11 heterocycles. The van der Waals surface area contributed by atoms with Crippen molar-refractivity contribution in [2.45, 2.75) is 53.8 Å². The summed E-state index contributed by atoms with van der Waals surface area (Å²) in [5, 5.41) is 0. The molecule has 4 aromatic carbocycles. The molecule has 18 heteroatoms. The molecule has 13 aromatic rings. The average Bonchev–Trinajstić information content (AvgIpc) is 1.81. The molecule has 0 fully saturated rings. The van der Waals surface area contributed by atoms with Crippen LogP contribution in [0.25, 0.3) is 73.1 Å². The minimum atomic E-state index is -2.22. The number of benzene rings is 4. The second kappa shape index (κ2) is 19.5. The smallest absolute Gasteiger partial charge is 0.308 e. The van der Waals surface area contributed by atoms with Gasteiger partial charge in [0.25, 0.3) is 0 Å². The number of anilines is 4.